The molecule has 0 aromatic carbocycles. The summed E-state index contributed by atoms with van der Waals surface area (Å²) in [6.07, 6.45) is 5.77. The van der Waals surface area contributed by atoms with Gasteiger partial charge in [-0.3, -0.25) is 14.4 Å². The molecular formula is C21H27IO5. The first-order valence-corrected chi connectivity index (χ1v) is 11.1. The lowest BCUT2D eigenvalue weighted by Gasteiger charge is -2.57. The predicted molar refractivity (Wildman–Crippen MR) is 107 cm³/mol. The highest BCUT2D eigenvalue weighted by Gasteiger charge is 2.68. The van der Waals surface area contributed by atoms with Crippen LogP contribution in [0.25, 0.3) is 0 Å². The van der Waals surface area contributed by atoms with E-state index in [0.717, 1.165) is 18.4 Å². The molecule has 2 N–H and O–H groups in total. The molecule has 0 aromatic rings. The van der Waals surface area contributed by atoms with E-state index in [1.54, 1.807) is 28.7 Å². The molecule has 3 fully saturated rings. The number of ketones is 3. The molecule has 0 bridgehead atoms. The van der Waals surface area contributed by atoms with E-state index in [2.05, 4.69) is 6.92 Å². The average Bonchev–Trinajstić information content (AvgIpc) is 2.86. The number of Topliss-reactive ketones (excluding diaryl/α,β-unsaturated/α-hetero) is 2. The predicted octanol–water partition coefficient (Wildman–Crippen LogP) is 2.75. The third-order valence-corrected chi connectivity index (χ3v) is 9.00. The van der Waals surface area contributed by atoms with Crippen molar-refractivity contribution >= 4 is 39.9 Å². The Morgan fingerprint density at radius 1 is 1.22 bits per heavy atom. The van der Waals surface area contributed by atoms with Gasteiger partial charge in [-0.25, -0.2) is 0 Å². The third-order valence-electron chi connectivity index (χ3n) is 8.43. The van der Waals surface area contributed by atoms with Gasteiger partial charge in [0.2, 0.25) is 5.78 Å². The molecule has 1 unspecified atom stereocenters. The van der Waals surface area contributed by atoms with Crippen LogP contribution in [-0.2, 0) is 14.4 Å². The summed E-state index contributed by atoms with van der Waals surface area (Å²) >= 11 is 1.63. The van der Waals surface area contributed by atoms with Gasteiger partial charge < -0.3 is 10.2 Å². The fourth-order valence-electron chi connectivity index (χ4n) is 6.99. The molecule has 7 atom stereocenters. The molecule has 0 saturated heterocycles. The van der Waals surface area contributed by atoms with E-state index in [-0.39, 0.29) is 41.2 Å². The first kappa shape index (κ1) is 19.7. The first-order valence-electron chi connectivity index (χ1n) is 9.90. The number of hydrogen-bond acceptors (Lipinski definition) is 5. The number of halogens is 1. The van der Waals surface area contributed by atoms with E-state index >= 15 is 0 Å². The van der Waals surface area contributed by atoms with Gasteiger partial charge in [0.1, 0.15) is 11.4 Å². The van der Waals surface area contributed by atoms with Gasteiger partial charge in [-0.05, 0) is 78.0 Å². The smallest absolute Gasteiger partial charge is 0.203 e. The number of carbonyl (C=O) groups is 3. The largest absolute Gasteiger partial charge is 0.381 e. The number of fused-ring (bicyclic) bond motifs is 5. The molecule has 0 radical (unpaired) electrons. The number of allylic oxidation sites excluding steroid dienone is 1. The van der Waals surface area contributed by atoms with Crippen molar-refractivity contribution in [1.82, 2.24) is 0 Å². The molecule has 0 amide bonds. The van der Waals surface area contributed by atoms with Crippen LogP contribution in [0.3, 0.4) is 0 Å². The van der Waals surface area contributed by atoms with Gasteiger partial charge in [-0.15, -0.1) is 0 Å². The molecule has 4 rings (SSSR count). The van der Waals surface area contributed by atoms with Gasteiger partial charge in [-0.2, -0.15) is 0 Å². The van der Waals surface area contributed by atoms with Gasteiger partial charge in [0, 0.05) is 24.2 Å². The zero-order valence-electron chi connectivity index (χ0n) is 15.8. The summed E-state index contributed by atoms with van der Waals surface area (Å²) in [5.74, 6) is -0.223. The van der Waals surface area contributed by atoms with E-state index < -0.39 is 20.9 Å². The van der Waals surface area contributed by atoms with Gasteiger partial charge >= 0.3 is 0 Å². The number of aliphatic hydroxyl groups excluding tert-OH is 1. The molecule has 148 valence electrons. The van der Waals surface area contributed by atoms with Crippen LogP contribution in [0.1, 0.15) is 58.8 Å². The normalized spacial score (nSPS) is 47.6. The number of aliphatic hydroxyl groups is 2. The molecule has 6 heteroatoms. The molecule has 5 nitrogen and oxygen atoms in total. The quantitative estimate of drug-likeness (QED) is 0.463. The zero-order chi connectivity index (χ0) is 19.8. The van der Waals surface area contributed by atoms with Crippen LogP contribution in [0, 0.1) is 28.6 Å². The van der Waals surface area contributed by atoms with E-state index in [4.69, 9.17) is 0 Å². The van der Waals surface area contributed by atoms with E-state index in [9.17, 15) is 24.6 Å². The summed E-state index contributed by atoms with van der Waals surface area (Å²) in [4.78, 5) is 38.0. The van der Waals surface area contributed by atoms with Crippen LogP contribution >= 0.6 is 22.6 Å². The Hall–Kier alpha value is -0.600. The van der Waals surface area contributed by atoms with E-state index in [1.807, 2.05) is 6.92 Å². The summed E-state index contributed by atoms with van der Waals surface area (Å²) in [6, 6.07) is 0. The second kappa shape index (κ2) is 6.20. The minimum absolute atomic E-state index is 0.0836. The minimum atomic E-state index is -1.64. The Kier molecular flexibility index (Phi) is 4.52. The van der Waals surface area contributed by atoms with E-state index in [1.165, 1.54) is 0 Å². The van der Waals surface area contributed by atoms with Crippen LogP contribution in [0.5, 0.6) is 0 Å². The number of hydrogen-bond donors (Lipinski definition) is 2. The lowest BCUT2D eigenvalue weighted by Crippen LogP contribution is -2.61. The van der Waals surface area contributed by atoms with Gasteiger partial charge in [0.25, 0.3) is 0 Å². The fraction of sp³-hybridized carbons (Fsp3) is 0.762. The minimum Gasteiger partial charge on any atom is -0.381 e. The van der Waals surface area contributed by atoms with Crippen molar-refractivity contribution in [2.45, 2.75) is 68.5 Å². The highest BCUT2D eigenvalue weighted by atomic mass is 127. The van der Waals surface area contributed by atoms with Crippen LogP contribution < -0.4 is 0 Å². The average molecular weight is 486 g/mol. The molecular weight excluding hydrogens is 459 g/mol. The highest BCUT2D eigenvalue weighted by molar-refractivity contribution is 14.1. The van der Waals surface area contributed by atoms with Crippen LogP contribution in [-0.4, -0.2) is 37.3 Å². The maximum absolute atomic E-state index is 13.4. The van der Waals surface area contributed by atoms with Crippen molar-refractivity contribution in [1.29, 1.82) is 0 Å². The lowest BCUT2D eigenvalue weighted by molar-refractivity contribution is -0.171. The number of rotatable bonds is 2. The topological polar surface area (TPSA) is 91.7 Å². The van der Waals surface area contributed by atoms with Crippen molar-refractivity contribution in [3.63, 3.8) is 0 Å². The van der Waals surface area contributed by atoms with Crippen LogP contribution in [0.4, 0.5) is 0 Å². The molecule has 0 heterocycles. The summed E-state index contributed by atoms with van der Waals surface area (Å²) in [6.45, 7) is 4.00. The van der Waals surface area contributed by atoms with E-state index in [0.29, 0.717) is 25.7 Å². The van der Waals surface area contributed by atoms with Crippen molar-refractivity contribution in [3.8, 4) is 0 Å². The molecule has 4 aliphatic rings. The maximum atomic E-state index is 13.4. The molecule has 0 spiro atoms. The van der Waals surface area contributed by atoms with Crippen molar-refractivity contribution in [2.24, 2.45) is 28.6 Å². The zero-order valence-corrected chi connectivity index (χ0v) is 18.0. The number of carbonyl (C=O) groups excluding carboxylic acids is 3. The summed E-state index contributed by atoms with van der Waals surface area (Å²) in [7, 11) is 0. The van der Waals surface area contributed by atoms with Crippen LogP contribution in [0.15, 0.2) is 11.6 Å². The van der Waals surface area contributed by atoms with Crippen molar-refractivity contribution in [2.75, 3.05) is 0 Å². The van der Waals surface area contributed by atoms with Gasteiger partial charge in [0.05, 0.1) is 0 Å². The second-order valence-corrected chi connectivity index (χ2v) is 10.7. The number of alkyl halides is 1. The molecule has 0 aromatic heterocycles. The maximum Gasteiger partial charge on any atom is 0.203 e. The Labute approximate surface area is 173 Å². The monoisotopic (exact) mass is 486 g/mol. The first-order chi connectivity index (χ1) is 12.5. The summed E-state index contributed by atoms with van der Waals surface area (Å²) in [5.41, 5.74) is -1.62. The Morgan fingerprint density at radius 3 is 2.59 bits per heavy atom. The lowest BCUT2D eigenvalue weighted by atomic mass is 9.46. The third kappa shape index (κ3) is 2.51. The van der Waals surface area contributed by atoms with Gasteiger partial charge in [0.15, 0.2) is 9.89 Å². The van der Waals surface area contributed by atoms with Crippen molar-refractivity contribution in [3.05, 3.63) is 11.6 Å². The van der Waals surface area contributed by atoms with Crippen LogP contribution in [0.2, 0.25) is 0 Å². The Morgan fingerprint density at radius 2 is 1.93 bits per heavy atom. The summed E-state index contributed by atoms with van der Waals surface area (Å²) in [5, 5.41) is 21.1. The highest BCUT2D eigenvalue weighted by Crippen LogP contribution is 2.66. The Bertz CT molecular complexity index is 758. The molecule has 27 heavy (non-hydrogen) atoms. The Balaban J connectivity index is 1.74. The standard InChI is InChI=1S/C21H27IO5/c1-19-7-5-12(23)9-11(19)3-4-13-14-6-8-21(27,17(25)18(22)26)20(14,2)10-15(24)16(13)19/h9,13-14,16,18,26-27H,3-8,10H2,1-2H3/t13-,14-,16+,18?,19-,20-,21-/m0/s1. The second-order valence-electron chi connectivity index (χ2n) is 9.50. The summed E-state index contributed by atoms with van der Waals surface area (Å²) < 4.78 is -1.27. The van der Waals surface area contributed by atoms with Crippen molar-refractivity contribution < 1.29 is 24.6 Å². The molecule has 0 aliphatic heterocycles. The fourth-order valence-corrected chi connectivity index (χ4v) is 7.50. The molecule has 3 saturated carbocycles. The van der Waals surface area contributed by atoms with Gasteiger partial charge in [-0.1, -0.05) is 19.4 Å². The SMILES string of the molecule is C[C@]12CCC(=O)C=C1CC[C@@H]1[C@@H]2C(=O)C[C@@]2(C)[C@H]1CC[C@]2(O)C(=O)C(O)I. The molecule has 4 aliphatic carbocycles.